The molecule has 3 aromatic rings. The number of sulfonamides is 1. The zero-order valence-electron chi connectivity index (χ0n) is 19.0. The van der Waals surface area contributed by atoms with Gasteiger partial charge in [0, 0.05) is 25.2 Å². The molecular weight excluding hydrogens is 420 g/mol. The molecule has 0 aliphatic rings. The minimum Gasteiger partial charge on any atom is -0.315 e. The predicted molar refractivity (Wildman–Crippen MR) is 129 cm³/mol. The quantitative estimate of drug-likeness (QED) is 0.529. The van der Waals surface area contributed by atoms with Crippen molar-refractivity contribution < 1.29 is 13.2 Å². The molecule has 0 aliphatic heterocycles. The van der Waals surface area contributed by atoms with E-state index < -0.39 is 10.0 Å². The number of nitrogens with one attached hydrogen (secondary N) is 1. The Labute approximate surface area is 191 Å². The van der Waals surface area contributed by atoms with E-state index in [9.17, 15) is 13.2 Å². The van der Waals surface area contributed by atoms with Gasteiger partial charge < -0.3 is 4.90 Å². The number of hydrogen-bond acceptors (Lipinski definition) is 3. The van der Waals surface area contributed by atoms with E-state index >= 15 is 0 Å². The van der Waals surface area contributed by atoms with Crippen LogP contribution in [0.4, 0.5) is 5.69 Å². The summed E-state index contributed by atoms with van der Waals surface area (Å²) in [6.45, 7) is 5.89. The molecule has 0 saturated heterocycles. The average Bonchev–Trinajstić information content (AvgIpc) is 2.79. The minimum absolute atomic E-state index is 0.0169. The summed E-state index contributed by atoms with van der Waals surface area (Å²) in [5, 5.41) is 0. The molecule has 0 heterocycles. The molecular formula is C26H30N2O3S. The van der Waals surface area contributed by atoms with E-state index in [0.717, 1.165) is 22.4 Å². The molecule has 168 valence electrons. The lowest BCUT2D eigenvalue weighted by atomic mass is 10.1. The number of aryl methyl sites for hydroxylation is 3. The largest absolute Gasteiger partial charge is 0.315 e. The molecule has 1 unspecified atom stereocenters. The maximum Gasteiger partial charge on any atom is 0.241 e. The second-order valence-electron chi connectivity index (χ2n) is 8.12. The van der Waals surface area contributed by atoms with E-state index in [4.69, 9.17) is 0 Å². The number of benzene rings is 3. The molecule has 0 aromatic heterocycles. The standard InChI is InChI=1S/C26H30N2O3S/c1-19-10-14-24(18-20(19)2)28(4)26(29)17-13-22-11-15-25(16-12-22)32(30,31)27-21(3)23-8-6-5-7-9-23/h5-12,14-16,18,21,27H,13,17H2,1-4H3. The highest BCUT2D eigenvalue weighted by atomic mass is 32.2. The topological polar surface area (TPSA) is 66.5 Å². The Morgan fingerprint density at radius 2 is 1.59 bits per heavy atom. The second-order valence-corrected chi connectivity index (χ2v) is 9.83. The fourth-order valence-corrected chi connectivity index (χ4v) is 4.67. The fraction of sp³-hybridized carbons (Fsp3) is 0.269. The van der Waals surface area contributed by atoms with Crippen LogP contribution in [0.15, 0.2) is 77.7 Å². The normalized spacial score (nSPS) is 12.4. The van der Waals surface area contributed by atoms with Crippen molar-refractivity contribution in [2.45, 2.75) is 44.6 Å². The van der Waals surface area contributed by atoms with Crippen LogP contribution in [0, 0.1) is 13.8 Å². The summed E-state index contributed by atoms with van der Waals surface area (Å²) in [5.41, 5.74) is 5.03. The average molecular weight is 451 g/mol. The van der Waals surface area contributed by atoms with Crippen LogP contribution in [0.25, 0.3) is 0 Å². The summed E-state index contributed by atoms with van der Waals surface area (Å²) in [4.78, 5) is 14.5. The van der Waals surface area contributed by atoms with Crippen LogP contribution >= 0.6 is 0 Å². The number of hydrogen-bond donors (Lipinski definition) is 1. The number of anilines is 1. The van der Waals surface area contributed by atoms with Gasteiger partial charge in [0.2, 0.25) is 15.9 Å². The molecule has 1 amide bonds. The molecule has 3 aromatic carbocycles. The lowest BCUT2D eigenvalue weighted by molar-refractivity contribution is -0.118. The molecule has 0 fully saturated rings. The molecule has 1 atom stereocenters. The zero-order chi connectivity index (χ0) is 23.3. The van der Waals surface area contributed by atoms with Crippen molar-refractivity contribution in [2.75, 3.05) is 11.9 Å². The van der Waals surface area contributed by atoms with Crippen LogP contribution in [-0.2, 0) is 21.2 Å². The molecule has 0 aliphatic carbocycles. The maximum atomic E-state index is 12.7. The van der Waals surface area contributed by atoms with E-state index in [1.807, 2.05) is 69.3 Å². The van der Waals surface area contributed by atoms with Crippen molar-refractivity contribution in [1.29, 1.82) is 0 Å². The summed E-state index contributed by atoms with van der Waals surface area (Å²) in [6.07, 6.45) is 0.890. The van der Waals surface area contributed by atoms with E-state index in [0.29, 0.717) is 12.8 Å². The summed E-state index contributed by atoms with van der Waals surface area (Å²) in [6, 6.07) is 21.8. The van der Waals surface area contributed by atoms with Gasteiger partial charge >= 0.3 is 0 Å². The van der Waals surface area contributed by atoms with E-state index in [2.05, 4.69) is 4.72 Å². The third-order valence-corrected chi connectivity index (χ3v) is 7.30. The molecule has 5 nitrogen and oxygen atoms in total. The van der Waals surface area contributed by atoms with Gasteiger partial charge in [-0.15, -0.1) is 0 Å². The summed E-state index contributed by atoms with van der Waals surface area (Å²) in [7, 11) is -1.86. The van der Waals surface area contributed by atoms with Crippen LogP contribution in [-0.4, -0.2) is 21.4 Å². The maximum absolute atomic E-state index is 12.7. The molecule has 3 rings (SSSR count). The van der Waals surface area contributed by atoms with E-state index in [-0.39, 0.29) is 16.8 Å². The lowest BCUT2D eigenvalue weighted by Gasteiger charge is -2.18. The third-order valence-electron chi connectivity index (χ3n) is 5.74. The summed E-state index contributed by atoms with van der Waals surface area (Å²) in [5.74, 6) is 0.0169. The Kier molecular flexibility index (Phi) is 7.48. The molecule has 32 heavy (non-hydrogen) atoms. The third kappa shape index (κ3) is 5.84. The Morgan fingerprint density at radius 1 is 0.938 bits per heavy atom. The molecule has 1 N–H and O–H groups in total. The van der Waals surface area contributed by atoms with Crippen molar-refractivity contribution in [3.8, 4) is 0 Å². The van der Waals surface area contributed by atoms with E-state index in [1.54, 1.807) is 36.2 Å². The molecule has 0 radical (unpaired) electrons. The van der Waals surface area contributed by atoms with Crippen molar-refractivity contribution in [2.24, 2.45) is 0 Å². The van der Waals surface area contributed by atoms with Gasteiger partial charge in [-0.1, -0.05) is 48.5 Å². The van der Waals surface area contributed by atoms with Gasteiger partial charge in [0.05, 0.1) is 4.90 Å². The van der Waals surface area contributed by atoms with Crippen LogP contribution in [0.5, 0.6) is 0 Å². The van der Waals surface area contributed by atoms with Crippen LogP contribution < -0.4 is 9.62 Å². The minimum atomic E-state index is -3.64. The van der Waals surface area contributed by atoms with Crippen molar-refractivity contribution in [3.63, 3.8) is 0 Å². The van der Waals surface area contributed by atoms with Crippen molar-refractivity contribution in [1.82, 2.24) is 4.72 Å². The first-order chi connectivity index (χ1) is 15.2. The van der Waals surface area contributed by atoms with Crippen molar-refractivity contribution >= 4 is 21.6 Å². The van der Waals surface area contributed by atoms with Gasteiger partial charge in [-0.2, -0.15) is 0 Å². The smallest absolute Gasteiger partial charge is 0.241 e. The number of nitrogens with zero attached hydrogens (tertiary/aromatic N) is 1. The number of rotatable bonds is 8. The van der Waals surface area contributed by atoms with Crippen LogP contribution in [0.3, 0.4) is 0 Å². The highest BCUT2D eigenvalue weighted by Gasteiger charge is 2.18. The first-order valence-corrected chi connectivity index (χ1v) is 12.2. The van der Waals surface area contributed by atoms with Gasteiger partial charge in [0.1, 0.15) is 0 Å². The van der Waals surface area contributed by atoms with Crippen LogP contribution in [0.2, 0.25) is 0 Å². The molecule has 0 saturated carbocycles. The molecule has 6 heteroatoms. The highest BCUT2D eigenvalue weighted by molar-refractivity contribution is 7.89. The van der Waals surface area contributed by atoms with Gasteiger partial charge in [-0.3, -0.25) is 4.79 Å². The van der Waals surface area contributed by atoms with Crippen molar-refractivity contribution in [3.05, 3.63) is 95.1 Å². The van der Waals surface area contributed by atoms with Gasteiger partial charge in [-0.25, -0.2) is 13.1 Å². The number of carbonyl (C=O) groups is 1. The molecule has 0 spiro atoms. The Morgan fingerprint density at radius 3 is 2.22 bits per heavy atom. The Hall–Kier alpha value is -2.96. The first-order valence-electron chi connectivity index (χ1n) is 10.7. The zero-order valence-corrected chi connectivity index (χ0v) is 19.8. The SMILES string of the molecule is Cc1ccc(N(C)C(=O)CCc2ccc(S(=O)(=O)NC(C)c3ccccc3)cc2)cc1C. The highest BCUT2D eigenvalue weighted by Crippen LogP contribution is 2.20. The van der Waals surface area contributed by atoms with Crippen LogP contribution in [0.1, 0.15) is 41.6 Å². The number of amides is 1. The van der Waals surface area contributed by atoms with Gasteiger partial charge in [-0.05, 0) is 73.7 Å². The predicted octanol–water partition coefficient (Wildman–Crippen LogP) is 4.94. The Bertz CT molecular complexity index is 1170. The Balaban J connectivity index is 1.60. The number of carbonyl (C=O) groups excluding carboxylic acids is 1. The molecule has 0 bridgehead atoms. The first kappa shape index (κ1) is 23.7. The second kappa shape index (κ2) is 10.1. The lowest BCUT2D eigenvalue weighted by Crippen LogP contribution is -2.27. The summed E-state index contributed by atoms with van der Waals surface area (Å²) >= 11 is 0. The van der Waals surface area contributed by atoms with E-state index in [1.165, 1.54) is 5.56 Å². The van der Waals surface area contributed by atoms with Gasteiger partial charge in [0.25, 0.3) is 0 Å². The fourth-order valence-electron chi connectivity index (χ4n) is 3.44. The van der Waals surface area contributed by atoms with Gasteiger partial charge in [0.15, 0.2) is 0 Å². The monoisotopic (exact) mass is 450 g/mol. The summed E-state index contributed by atoms with van der Waals surface area (Å²) < 4.78 is 28.1.